The molecule has 0 fully saturated rings. The first-order valence-electron chi connectivity index (χ1n) is 7.43. The Balaban J connectivity index is 1.82. The molecule has 0 saturated carbocycles. The standard InChI is InChI=1S/C17H14ClN3O3S/c18-14-6-2-1-4-11(14)8-19-15(22)13-9-20-17(24)21(16(13)23)10-12-5-3-7-25-12/h1-7,9H,8,10H2,(H,19,22)(H,20,24). The van der Waals surface area contributed by atoms with Crippen molar-refractivity contribution in [1.29, 1.82) is 0 Å². The zero-order valence-corrected chi connectivity index (χ0v) is 14.6. The van der Waals surface area contributed by atoms with E-state index in [0.29, 0.717) is 5.02 Å². The molecule has 0 bridgehead atoms. The molecule has 1 aromatic carbocycles. The Bertz CT molecular complexity index is 1010. The highest BCUT2D eigenvalue weighted by Crippen LogP contribution is 2.14. The van der Waals surface area contributed by atoms with Gasteiger partial charge in [-0.05, 0) is 23.1 Å². The number of carbonyl (C=O) groups is 1. The fraction of sp³-hybridized carbons (Fsp3) is 0.118. The van der Waals surface area contributed by atoms with E-state index < -0.39 is 17.2 Å². The zero-order valence-electron chi connectivity index (χ0n) is 13.0. The number of hydrogen-bond acceptors (Lipinski definition) is 4. The van der Waals surface area contributed by atoms with Gasteiger partial charge in [0.25, 0.3) is 11.5 Å². The summed E-state index contributed by atoms with van der Waals surface area (Å²) in [6.07, 6.45) is 1.14. The summed E-state index contributed by atoms with van der Waals surface area (Å²) in [4.78, 5) is 40.0. The summed E-state index contributed by atoms with van der Waals surface area (Å²) in [5.41, 5.74) is -0.570. The van der Waals surface area contributed by atoms with Crippen molar-refractivity contribution in [2.24, 2.45) is 0 Å². The number of hydrogen-bond donors (Lipinski definition) is 2. The third kappa shape index (κ3) is 3.89. The van der Waals surface area contributed by atoms with E-state index >= 15 is 0 Å². The minimum atomic E-state index is -0.631. The van der Waals surface area contributed by atoms with Crippen LogP contribution in [0.5, 0.6) is 0 Å². The van der Waals surface area contributed by atoms with Gasteiger partial charge in [0.15, 0.2) is 0 Å². The molecule has 8 heteroatoms. The number of nitrogens with one attached hydrogen (secondary N) is 2. The zero-order chi connectivity index (χ0) is 17.8. The molecule has 2 N–H and O–H groups in total. The quantitative estimate of drug-likeness (QED) is 0.717. The molecule has 3 aromatic rings. The van der Waals surface area contributed by atoms with Crippen LogP contribution in [0.3, 0.4) is 0 Å². The second-order valence-corrected chi connectivity index (χ2v) is 6.69. The SMILES string of the molecule is O=C(NCc1ccccc1Cl)c1c[nH]c(=O)n(Cc2cccs2)c1=O. The predicted octanol–water partition coefficient (Wildman–Crippen LogP) is 2.23. The molecule has 0 aliphatic carbocycles. The molecular weight excluding hydrogens is 362 g/mol. The summed E-state index contributed by atoms with van der Waals surface area (Å²) >= 11 is 7.48. The number of rotatable bonds is 5. The summed E-state index contributed by atoms with van der Waals surface area (Å²) in [5.74, 6) is -0.568. The van der Waals surface area contributed by atoms with E-state index in [9.17, 15) is 14.4 Å². The predicted molar refractivity (Wildman–Crippen MR) is 97.4 cm³/mol. The van der Waals surface area contributed by atoms with Gasteiger partial charge in [-0.2, -0.15) is 0 Å². The Kier molecular flexibility index (Phi) is 5.16. The van der Waals surface area contributed by atoms with Gasteiger partial charge >= 0.3 is 5.69 Å². The molecule has 0 atom stereocenters. The number of benzene rings is 1. The van der Waals surface area contributed by atoms with Gasteiger partial charge in [0.2, 0.25) is 0 Å². The number of carbonyl (C=O) groups excluding carboxylic acids is 1. The van der Waals surface area contributed by atoms with Crippen LogP contribution in [0.4, 0.5) is 0 Å². The van der Waals surface area contributed by atoms with Crippen molar-refractivity contribution in [3.05, 3.63) is 89.8 Å². The third-order valence-corrected chi connectivity index (χ3v) is 4.83. The molecule has 2 aromatic heterocycles. The number of aromatic amines is 1. The van der Waals surface area contributed by atoms with Gasteiger partial charge in [0.05, 0.1) is 6.54 Å². The van der Waals surface area contributed by atoms with Crippen molar-refractivity contribution < 1.29 is 4.79 Å². The van der Waals surface area contributed by atoms with Crippen LogP contribution in [0.15, 0.2) is 57.6 Å². The largest absolute Gasteiger partial charge is 0.348 e. The Morgan fingerprint density at radius 3 is 2.72 bits per heavy atom. The molecule has 128 valence electrons. The molecular formula is C17H14ClN3O3S. The Morgan fingerprint density at radius 2 is 2.00 bits per heavy atom. The van der Waals surface area contributed by atoms with Gasteiger partial charge in [-0.3, -0.25) is 14.2 Å². The topological polar surface area (TPSA) is 84.0 Å². The van der Waals surface area contributed by atoms with Gasteiger partial charge < -0.3 is 10.3 Å². The monoisotopic (exact) mass is 375 g/mol. The Labute approximate surface area is 151 Å². The van der Waals surface area contributed by atoms with Gasteiger partial charge in [-0.1, -0.05) is 35.9 Å². The normalized spacial score (nSPS) is 10.6. The maximum absolute atomic E-state index is 12.5. The third-order valence-electron chi connectivity index (χ3n) is 3.60. The van der Waals surface area contributed by atoms with Gasteiger partial charge in [0.1, 0.15) is 5.56 Å². The highest BCUT2D eigenvalue weighted by Gasteiger charge is 2.15. The minimum Gasteiger partial charge on any atom is -0.348 e. The molecule has 25 heavy (non-hydrogen) atoms. The maximum atomic E-state index is 12.5. The van der Waals surface area contributed by atoms with Crippen molar-refractivity contribution in [3.63, 3.8) is 0 Å². The number of H-pyrrole nitrogens is 1. The van der Waals surface area contributed by atoms with Crippen molar-refractivity contribution in [2.75, 3.05) is 0 Å². The van der Waals surface area contributed by atoms with E-state index in [1.54, 1.807) is 24.3 Å². The first-order chi connectivity index (χ1) is 12.1. The van der Waals surface area contributed by atoms with Crippen LogP contribution in [0.1, 0.15) is 20.8 Å². The van der Waals surface area contributed by atoms with Gasteiger partial charge in [0, 0.05) is 22.6 Å². The number of nitrogens with zero attached hydrogens (tertiary/aromatic N) is 1. The van der Waals surface area contributed by atoms with Crippen LogP contribution >= 0.6 is 22.9 Å². The highest BCUT2D eigenvalue weighted by atomic mass is 35.5. The molecule has 1 amide bonds. The lowest BCUT2D eigenvalue weighted by Gasteiger charge is -2.08. The van der Waals surface area contributed by atoms with E-state index in [0.717, 1.165) is 21.2 Å². The Morgan fingerprint density at radius 1 is 1.20 bits per heavy atom. The average Bonchev–Trinajstić information content (AvgIpc) is 3.11. The molecule has 0 aliphatic rings. The average molecular weight is 376 g/mol. The van der Waals surface area contributed by atoms with Crippen LogP contribution in [0.2, 0.25) is 5.02 Å². The molecule has 2 heterocycles. The second kappa shape index (κ2) is 7.50. The van der Waals surface area contributed by atoms with E-state index in [2.05, 4.69) is 10.3 Å². The fourth-order valence-corrected chi connectivity index (χ4v) is 3.18. The summed E-state index contributed by atoms with van der Waals surface area (Å²) in [7, 11) is 0. The summed E-state index contributed by atoms with van der Waals surface area (Å²) in [5, 5.41) is 5.03. The first kappa shape index (κ1) is 17.2. The van der Waals surface area contributed by atoms with Gasteiger partial charge in [-0.15, -0.1) is 11.3 Å². The van der Waals surface area contributed by atoms with Crippen LogP contribution < -0.4 is 16.6 Å². The summed E-state index contributed by atoms with van der Waals surface area (Å²) in [6.45, 7) is 0.305. The number of amides is 1. The first-order valence-corrected chi connectivity index (χ1v) is 8.68. The van der Waals surface area contributed by atoms with Crippen LogP contribution in [0.25, 0.3) is 0 Å². The lowest BCUT2D eigenvalue weighted by molar-refractivity contribution is 0.0948. The van der Waals surface area contributed by atoms with E-state index in [1.165, 1.54) is 11.3 Å². The van der Waals surface area contributed by atoms with Crippen LogP contribution in [0, 0.1) is 0 Å². The van der Waals surface area contributed by atoms with Crippen LogP contribution in [-0.2, 0) is 13.1 Å². The van der Waals surface area contributed by atoms with Crippen molar-refractivity contribution in [1.82, 2.24) is 14.9 Å². The number of halogens is 1. The summed E-state index contributed by atoms with van der Waals surface area (Å²) < 4.78 is 1.01. The molecule has 0 unspecified atom stereocenters. The molecule has 0 spiro atoms. The molecule has 6 nitrogen and oxygen atoms in total. The molecule has 3 rings (SSSR count). The summed E-state index contributed by atoms with van der Waals surface area (Å²) in [6, 6.07) is 10.8. The minimum absolute atomic E-state index is 0.122. The fourth-order valence-electron chi connectivity index (χ4n) is 2.29. The lowest BCUT2D eigenvalue weighted by atomic mass is 10.2. The van der Waals surface area contributed by atoms with E-state index in [4.69, 9.17) is 11.6 Å². The van der Waals surface area contributed by atoms with Crippen LogP contribution in [-0.4, -0.2) is 15.5 Å². The van der Waals surface area contributed by atoms with Crippen molar-refractivity contribution in [3.8, 4) is 0 Å². The molecule has 0 saturated heterocycles. The maximum Gasteiger partial charge on any atom is 0.328 e. The second-order valence-electron chi connectivity index (χ2n) is 5.25. The highest BCUT2D eigenvalue weighted by molar-refractivity contribution is 7.09. The van der Waals surface area contributed by atoms with E-state index in [-0.39, 0.29) is 18.7 Å². The van der Waals surface area contributed by atoms with E-state index in [1.807, 2.05) is 17.5 Å². The van der Waals surface area contributed by atoms with Crippen molar-refractivity contribution in [2.45, 2.75) is 13.1 Å². The lowest BCUT2D eigenvalue weighted by Crippen LogP contribution is -2.40. The molecule has 0 aliphatic heterocycles. The Hall–Kier alpha value is -2.64. The molecule has 0 radical (unpaired) electrons. The van der Waals surface area contributed by atoms with Crippen molar-refractivity contribution >= 4 is 28.8 Å². The smallest absolute Gasteiger partial charge is 0.328 e. The number of thiophene rings is 1. The van der Waals surface area contributed by atoms with Gasteiger partial charge in [-0.25, -0.2) is 4.79 Å². The number of aromatic nitrogens is 2.